The van der Waals surface area contributed by atoms with Gasteiger partial charge in [-0.25, -0.2) is 0 Å². The maximum absolute atomic E-state index is 12.1. The zero-order chi connectivity index (χ0) is 18.1. The highest BCUT2D eigenvalue weighted by Crippen LogP contribution is 2.42. The van der Waals surface area contributed by atoms with Gasteiger partial charge in [-0.05, 0) is 57.3 Å². The topological polar surface area (TPSA) is 117 Å². The summed E-state index contributed by atoms with van der Waals surface area (Å²) in [7, 11) is 1.47. The van der Waals surface area contributed by atoms with Crippen molar-refractivity contribution in [3.05, 3.63) is 20.6 Å². The number of rotatable bonds is 9. The number of hydrogen-bond acceptors (Lipinski definition) is 6. The lowest BCUT2D eigenvalue weighted by atomic mass is 10.1. The van der Waals surface area contributed by atoms with Gasteiger partial charge in [0, 0.05) is 18.5 Å². The van der Waals surface area contributed by atoms with Crippen LogP contribution in [0.15, 0.2) is 20.2 Å². The molecule has 0 fully saturated rings. The molecule has 0 heterocycles. The van der Waals surface area contributed by atoms with Crippen LogP contribution in [0.1, 0.15) is 24.8 Å². The first kappa shape index (κ1) is 20.7. The Bertz CT molecular complexity index is 609. The molecule has 1 rings (SSSR count). The number of methoxy groups -OCH3 is 1. The van der Waals surface area contributed by atoms with E-state index in [1.165, 1.54) is 7.11 Å². The lowest BCUT2D eigenvalue weighted by Crippen LogP contribution is -2.33. The Morgan fingerprint density at radius 3 is 2.67 bits per heavy atom. The van der Waals surface area contributed by atoms with Gasteiger partial charge >= 0.3 is 0 Å². The van der Waals surface area contributed by atoms with Crippen molar-refractivity contribution < 1.29 is 19.8 Å². The molecule has 0 unspecified atom stereocenters. The van der Waals surface area contributed by atoms with Gasteiger partial charge in [0.25, 0.3) is 5.91 Å². The quantitative estimate of drug-likeness (QED) is 0.193. The van der Waals surface area contributed by atoms with Crippen LogP contribution >= 0.6 is 31.9 Å². The first-order chi connectivity index (χ1) is 11.5. The van der Waals surface area contributed by atoms with Crippen LogP contribution in [0.4, 0.5) is 0 Å². The number of phenols is 1. The Morgan fingerprint density at radius 1 is 1.38 bits per heavy atom. The fourth-order valence-electron chi connectivity index (χ4n) is 2.05. The number of carbonyl (C=O) groups is 1. The molecule has 1 aromatic carbocycles. The molecule has 0 aliphatic carbocycles. The lowest BCUT2D eigenvalue weighted by molar-refractivity contribution is -0.115. The summed E-state index contributed by atoms with van der Waals surface area (Å²) < 4.78 is 6.11. The molecule has 0 aromatic heterocycles. The first-order valence-corrected chi connectivity index (χ1v) is 8.97. The number of unbranched alkanes of at least 4 members (excludes halogenated alkanes) is 2. The van der Waals surface area contributed by atoms with Crippen molar-refractivity contribution in [2.24, 2.45) is 10.9 Å². The normalized spacial score (nSPS) is 11.4. The number of phenolic OH excluding ortho intramolecular Hbond substituents is 1. The van der Waals surface area contributed by atoms with Crippen molar-refractivity contribution in [3.8, 4) is 11.5 Å². The number of aromatic hydroxyl groups is 1. The highest BCUT2D eigenvalue weighted by molar-refractivity contribution is 9.11. The van der Waals surface area contributed by atoms with Gasteiger partial charge in [0.05, 0.1) is 11.6 Å². The van der Waals surface area contributed by atoms with E-state index in [9.17, 15) is 9.90 Å². The van der Waals surface area contributed by atoms with Crippen LogP contribution in [0.3, 0.4) is 0 Å². The molecular formula is C15H21Br2N3O4. The molecule has 0 radical (unpaired) electrons. The van der Waals surface area contributed by atoms with E-state index < -0.39 is 5.91 Å². The number of oxime groups is 1. The van der Waals surface area contributed by atoms with Crippen molar-refractivity contribution in [3.63, 3.8) is 0 Å². The van der Waals surface area contributed by atoms with Gasteiger partial charge < -0.3 is 26.1 Å². The molecule has 0 bridgehead atoms. The predicted molar refractivity (Wildman–Crippen MR) is 98.9 cm³/mol. The molecule has 0 spiro atoms. The van der Waals surface area contributed by atoms with Crippen LogP contribution in [0, 0.1) is 0 Å². The summed E-state index contributed by atoms with van der Waals surface area (Å²) in [5.74, 6) is -0.122. The number of benzene rings is 1. The van der Waals surface area contributed by atoms with E-state index in [-0.39, 0.29) is 17.9 Å². The summed E-state index contributed by atoms with van der Waals surface area (Å²) in [6.07, 6.45) is 2.59. The second-order valence-corrected chi connectivity index (χ2v) is 6.69. The average Bonchev–Trinajstić information content (AvgIpc) is 2.56. The van der Waals surface area contributed by atoms with E-state index in [0.29, 0.717) is 33.3 Å². The van der Waals surface area contributed by atoms with Gasteiger partial charge in [-0.15, -0.1) is 0 Å². The van der Waals surface area contributed by atoms with Crippen molar-refractivity contribution in [1.29, 1.82) is 0 Å². The average molecular weight is 467 g/mol. The molecule has 7 nitrogen and oxygen atoms in total. The molecule has 5 N–H and O–H groups in total. The fraction of sp³-hybridized carbons (Fsp3) is 0.467. The van der Waals surface area contributed by atoms with Gasteiger partial charge in [0.15, 0.2) is 5.75 Å². The molecular weight excluding hydrogens is 446 g/mol. The first-order valence-electron chi connectivity index (χ1n) is 7.39. The monoisotopic (exact) mass is 465 g/mol. The van der Waals surface area contributed by atoms with Crippen molar-refractivity contribution >= 4 is 43.5 Å². The van der Waals surface area contributed by atoms with E-state index in [2.05, 4.69) is 42.3 Å². The molecule has 0 atom stereocenters. The molecule has 0 saturated carbocycles. The molecule has 0 aliphatic rings. The van der Waals surface area contributed by atoms with E-state index >= 15 is 0 Å². The van der Waals surface area contributed by atoms with Crippen LogP contribution < -0.4 is 15.8 Å². The second-order valence-electron chi connectivity index (χ2n) is 5.04. The van der Waals surface area contributed by atoms with Gasteiger partial charge in [-0.2, -0.15) is 0 Å². The molecule has 1 amide bonds. The number of carbonyl (C=O) groups excluding carboxylic acids is 1. The molecule has 24 heavy (non-hydrogen) atoms. The summed E-state index contributed by atoms with van der Waals surface area (Å²) in [4.78, 5) is 12.1. The number of nitrogens with zero attached hydrogens (tertiary/aromatic N) is 1. The summed E-state index contributed by atoms with van der Waals surface area (Å²) in [6, 6.07) is 1.61. The SMILES string of the molecule is COc1c(Br)cc(C/C(=N\O)C(=O)NCCCCCN)c(O)c1Br. The van der Waals surface area contributed by atoms with E-state index in [1.807, 2.05) is 0 Å². The van der Waals surface area contributed by atoms with Crippen LogP contribution in [0.25, 0.3) is 0 Å². The Hall–Kier alpha value is -1.32. The lowest BCUT2D eigenvalue weighted by Gasteiger charge is -2.13. The van der Waals surface area contributed by atoms with Crippen molar-refractivity contribution in [2.75, 3.05) is 20.2 Å². The molecule has 134 valence electrons. The second kappa shape index (κ2) is 10.5. The Balaban J connectivity index is 2.77. The van der Waals surface area contributed by atoms with Gasteiger partial charge in [-0.3, -0.25) is 4.79 Å². The standard InChI is InChI=1S/C15H21Br2N3O4/c1-24-14-10(16)7-9(13(21)12(14)17)8-11(20-23)15(22)19-6-4-2-3-5-18/h7,21,23H,2-6,8,18H2,1H3,(H,19,22)/b20-11+. The van der Waals surface area contributed by atoms with E-state index in [0.717, 1.165) is 19.3 Å². The smallest absolute Gasteiger partial charge is 0.269 e. The third-order valence-electron chi connectivity index (χ3n) is 3.34. The predicted octanol–water partition coefficient (Wildman–Crippen LogP) is 2.54. The Labute approximate surface area is 157 Å². The summed E-state index contributed by atoms with van der Waals surface area (Å²) in [6.45, 7) is 1.09. The Morgan fingerprint density at radius 2 is 2.08 bits per heavy atom. The number of nitrogens with two attached hydrogens (primary N) is 1. The molecule has 0 aliphatic heterocycles. The third kappa shape index (κ3) is 5.64. The van der Waals surface area contributed by atoms with Crippen molar-refractivity contribution in [2.45, 2.75) is 25.7 Å². The minimum Gasteiger partial charge on any atom is -0.506 e. The number of amides is 1. The molecule has 0 saturated heterocycles. The van der Waals surface area contributed by atoms with E-state index in [4.69, 9.17) is 15.7 Å². The maximum atomic E-state index is 12.1. The van der Waals surface area contributed by atoms with Gasteiger partial charge in [0.1, 0.15) is 15.9 Å². The Kier molecular flexibility index (Phi) is 9.09. The van der Waals surface area contributed by atoms with Crippen LogP contribution in [-0.2, 0) is 11.2 Å². The maximum Gasteiger partial charge on any atom is 0.269 e. The summed E-state index contributed by atoms with van der Waals surface area (Å²) in [5.41, 5.74) is 5.73. The molecule has 9 heteroatoms. The number of hydrogen-bond donors (Lipinski definition) is 4. The zero-order valence-corrected chi connectivity index (χ0v) is 16.5. The fourth-order valence-corrected chi connectivity index (χ4v) is 3.59. The summed E-state index contributed by atoms with van der Waals surface area (Å²) >= 11 is 6.57. The number of halogens is 2. The third-order valence-corrected chi connectivity index (χ3v) is 4.67. The molecule has 1 aromatic rings. The minimum atomic E-state index is -0.479. The zero-order valence-electron chi connectivity index (χ0n) is 13.3. The van der Waals surface area contributed by atoms with Crippen LogP contribution in [0.2, 0.25) is 0 Å². The number of nitrogens with one attached hydrogen (secondary N) is 1. The highest BCUT2D eigenvalue weighted by atomic mass is 79.9. The van der Waals surface area contributed by atoms with Crippen molar-refractivity contribution in [1.82, 2.24) is 5.32 Å². The van der Waals surface area contributed by atoms with E-state index in [1.54, 1.807) is 6.07 Å². The van der Waals surface area contributed by atoms with Crippen LogP contribution in [-0.4, -0.2) is 42.1 Å². The van der Waals surface area contributed by atoms with Crippen LogP contribution in [0.5, 0.6) is 11.5 Å². The summed E-state index contributed by atoms with van der Waals surface area (Å²) in [5, 5.41) is 25.1. The highest BCUT2D eigenvalue weighted by Gasteiger charge is 2.20. The van der Waals surface area contributed by atoms with Gasteiger partial charge in [0.2, 0.25) is 0 Å². The van der Waals surface area contributed by atoms with Gasteiger partial charge in [-0.1, -0.05) is 11.6 Å². The minimum absolute atomic E-state index is 0.0296. The largest absolute Gasteiger partial charge is 0.506 e. The number of ether oxygens (including phenoxy) is 1.